The minimum absolute atomic E-state index is 0.516. The van der Waals surface area contributed by atoms with Gasteiger partial charge in [-0.2, -0.15) is 0 Å². The SMILES string of the molecule is c1ccc(-c2ccc(-c3nc4cc(N(c5ccc(-c6cccc7ccccc67)cc5)c5ccc6c(c5)C(c5ccccc5)(c5ccccc5)c5ccccc5-6)ccc4s3)cc2)cc1. The van der Waals surface area contributed by atoms with Crippen LogP contribution in [0.1, 0.15) is 22.3 Å². The topological polar surface area (TPSA) is 16.1 Å². The summed E-state index contributed by atoms with van der Waals surface area (Å²) in [5, 5.41) is 3.50. The molecule has 0 amide bonds. The lowest BCUT2D eigenvalue weighted by molar-refractivity contribution is 0.768. The first-order valence-electron chi connectivity index (χ1n) is 21.5. The molecule has 12 rings (SSSR count). The minimum Gasteiger partial charge on any atom is -0.310 e. The first-order valence-corrected chi connectivity index (χ1v) is 22.3. The molecule has 1 aromatic heterocycles. The fraction of sp³-hybridized carbons (Fsp3) is 0.0167. The molecule has 1 aliphatic rings. The Labute approximate surface area is 371 Å². The van der Waals surface area contributed by atoms with Crippen molar-refractivity contribution in [1.82, 2.24) is 4.98 Å². The van der Waals surface area contributed by atoms with E-state index in [1.165, 1.54) is 66.4 Å². The molecule has 0 aliphatic heterocycles. The molecule has 1 heterocycles. The fourth-order valence-electron chi connectivity index (χ4n) is 9.90. The van der Waals surface area contributed by atoms with Crippen LogP contribution >= 0.6 is 11.3 Å². The Morgan fingerprint density at radius 1 is 0.365 bits per heavy atom. The summed E-state index contributed by atoms with van der Waals surface area (Å²) >= 11 is 1.74. The van der Waals surface area contributed by atoms with E-state index in [1.807, 2.05) is 0 Å². The molecule has 296 valence electrons. The van der Waals surface area contributed by atoms with E-state index in [2.05, 4.69) is 248 Å². The van der Waals surface area contributed by atoms with E-state index in [4.69, 9.17) is 4.98 Å². The number of fused-ring (bicyclic) bond motifs is 5. The lowest BCUT2D eigenvalue weighted by Gasteiger charge is -2.35. The number of rotatable bonds is 8. The van der Waals surface area contributed by atoms with Crippen LogP contribution in [0.4, 0.5) is 17.1 Å². The number of hydrogen-bond donors (Lipinski definition) is 0. The van der Waals surface area contributed by atoms with Gasteiger partial charge in [-0.3, -0.25) is 0 Å². The zero-order valence-corrected chi connectivity index (χ0v) is 35.2. The zero-order chi connectivity index (χ0) is 41.7. The molecule has 0 fully saturated rings. The summed E-state index contributed by atoms with van der Waals surface area (Å²) in [5.41, 5.74) is 17.2. The van der Waals surface area contributed by atoms with Crippen LogP contribution < -0.4 is 4.90 Å². The van der Waals surface area contributed by atoms with Crippen molar-refractivity contribution in [3.63, 3.8) is 0 Å². The molecule has 63 heavy (non-hydrogen) atoms. The van der Waals surface area contributed by atoms with Crippen LogP contribution in [0.5, 0.6) is 0 Å². The molecular formula is C60H40N2S. The smallest absolute Gasteiger partial charge is 0.124 e. The first kappa shape index (κ1) is 37.0. The predicted octanol–water partition coefficient (Wildman–Crippen LogP) is 16.3. The number of benzene rings is 10. The van der Waals surface area contributed by atoms with Gasteiger partial charge in [-0.05, 0) is 109 Å². The Kier molecular flexibility index (Phi) is 8.95. The van der Waals surface area contributed by atoms with E-state index in [0.29, 0.717) is 0 Å². The standard InChI is InChI=1S/C60H40N2S/c1-4-15-41(16-5-1)42-27-29-45(30-28-42)59-61-57-40-50(36-38-58(57)63-59)62(48-33-31-44(32-34-48)52-25-14-18-43-17-10-11-23-51(43)52)49-35-37-54-53-24-12-13-26-55(53)60(56(54)39-49,46-19-6-2-7-20-46)47-21-8-3-9-22-47/h1-40H. The molecule has 0 saturated carbocycles. The van der Waals surface area contributed by atoms with Gasteiger partial charge in [-0.25, -0.2) is 4.98 Å². The maximum atomic E-state index is 5.28. The lowest BCUT2D eigenvalue weighted by Crippen LogP contribution is -2.28. The van der Waals surface area contributed by atoms with E-state index in [0.717, 1.165) is 37.8 Å². The third-order valence-corrected chi connectivity index (χ3v) is 13.9. The average Bonchev–Trinajstić information content (AvgIpc) is 3.92. The van der Waals surface area contributed by atoms with Gasteiger partial charge in [0.05, 0.1) is 15.6 Å². The normalized spacial score (nSPS) is 12.6. The highest BCUT2D eigenvalue weighted by Gasteiger charge is 2.46. The van der Waals surface area contributed by atoms with Crippen LogP contribution in [-0.4, -0.2) is 4.98 Å². The molecule has 0 spiro atoms. The van der Waals surface area contributed by atoms with Crippen LogP contribution in [0.3, 0.4) is 0 Å². The summed E-state index contributed by atoms with van der Waals surface area (Å²) in [6.07, 6.45) is 0. The van der Waals surface area contributed by atoms with E-state index >= 15 is 0 Å². The van der Waals surface area contributed by atoms with E-state index in [9.17, 15) is 0 Å². The second-order valence-electron chi connectivity index (χ2n) is 16.3. The summed E-state index contributed by atoms with van der Waals surface area (Å²) in [7, 11) is 0. The van der Waals surface area contributed by atoms with Gasteiger partial charge in [0.25, 0.3) is 0 Å². The zero-order valence-electron chi connectivity index (χ0n) is 34.4. The third kappa shape index (κ3) is 6.20. The Morgan fingerprint density at radius 2 is 0.905 bits per heavy atom. The number of hydrogen-bond acceptors (Lipinski definition) is 3. The van der Waals surface area contributed by atoms with E-state index in [-0.39, 0.29) is 0 Å². The minimum atomic E-state index is -0.516. The average molecular weight is 821 g/mol. The highest BCUT2D eigenvalue weighted by atomic mass is 32.1. The molecule has 0 N–H and O–H groups in total. The van der Waals surface area contributed by atoms with Gasteiger partial charge in [0.1, 0.15) is 5.01 Å². The lowest BCUT2D eigenvalue weighted by atomic mass is 9.67. The van der Waals surface area contributed by atoms with Crippen molar-refractivity contribution in [3.05, 3.63) is 265 Å². The molecule has 10 aromatic carbocycles. The van der Waals surface area contributed by atoms with Crippen molar-refractivity contribution in [1.29, 1.82) is 0 Å². The molecule has 0 saturated heterocycles. The largest absolute Gasteiger partial charge is 0.310 e. The van der Waals surface area contributed by atoms with Crippen molar-refractivity contribution < 1.29 is 0 Å². The van der Waals surface area contributed by atoms with Crippen LogP contribution in [0, 0.1) is 0 Å². The summed E-state index contributed by atoms with van der Waals surface area (Å²) in [5.74, 6) is 0. The van der Waals surface area contributed by atoms with Gasteiger partial charge in [0.2, 0.25) is 0 Å². The van der Waals surface area contributed by atoms with Crippen molar-refractivity contribution in [2.75, 3.05) is 4.90 Å². The highest BCUT2D eigenvalue weighted by Crippen LogP contribution is 2.57. The van der Waals surface area contributed by atoms with Gasteiger partial charge in [0.15, 0.2) is 0 Å². The molecule has 0 atom stereocenters. The monoisotopic (exact) mass is 820 g/mol. The number of aromatic nitrogens is 1. The molecule has 1 aliphatic carbocycles. The molecular weight excluding hydrogens is 781 g/mol. The molecule has 0 bridgehead atoms. The molecule has 11 aromatic rings. The fourth-order valence-corrected chi connectivity index (χ4v) is 10.9. The summed E-state index contributed by atoms with van der Waals surface area (Å²) in [6.45, 7) is 0. The van der Waals surface area contributed by atoms with Gasteiger partial charge >= 0.3 is 0 Å². The molecule has 0 unspecified atom stereocenters. The highest BCUT2D eigenvalue weighted by molar-refractivity contribution is 7.21. The number of nitrogens with zero attached hydrogens (tertiary/aromatic N) is 2. The maximum absolute atomic E-state index is 5.28. The van der Waals surface area contributed by atoms with Gasteiger partial charge < -0.3 is 4.90 Å². The molecule has 3 heteroatoms. The second-order valence-corrected chi connectivity index (χ2v) is 17.3. The Morgan fingerprint density at radius 3 is 1.67 bits per heavy atom. The Balaban J connectivity index is 1.03. The van der Waals surface area contributed by atoms with Crippen LogP contribution in [0.25, 0.3) is 64.9 Å². The second kappa shape index (κ2) is 15.3. The summed E-state index contributed by atoms with van der Waals surface area (Å²) < 4.78 is 1.16. The number of anilines is 3. The van der Waals surface area contributed by atoms with E-state index in [1.54, 1.807) is 11.3 Å². The summed E-state index contributed by atoms with van der Waals surface area (Å²) in [6, 6.07) is 88.5. The van der Waals surface area contributed by atoms with Gasteiger partial charge in [-0.15, -0.1) is 11.3 Å². The first-order chi connectivity index (χ1) is 31.2. The van der Waals surface area contributed by atoms with Crippen molar-refractivity contribution >= 4 is 49.4 Å². The molecule has 2 nitrogen and oxygen atoms in total. The number of thiazole rings is 1. The van der Waals surface area contributed by atoms with Crippen molar-refractivity contribution in [3.8, 4) is 44.0 Å². The van der Waals surface area contributed by atoms with Crippen LogP contribution in [-0.2, 0) is 5.41 Å². The third-order valence-electron chi connectivity index (χ3n) is 12.8. The van der Waals surface area contributed by atoms with Gasteiger partial charge in [0, 0.05) is 22.6 Å². The summed E-state index contributed by atoms with van der Waals surface area (Å²) in [4.78, 5) is 7.68. The van der Waals surface area contributed by atoms with E-state index < -0.39 is 5.41 Å². The Bertz CT molecular complexity index is 3380. The van der Waals surface area contributed by atoms with Crippen LogP contribution in [0.2, 0.25) is 0 Å². The van der Waals surface area contributed by atoms with Gasteiger partial charge in [-0.1, -0.05) is 200 Å². The quantitative estimate of drug-likeness (QED) is 0.152. The van der Waals surface area contributed by atoms with Crippen molar-refractivity contribution in [2.45, 2.75) is 5.41 Å². The van der Waals surface area contributed by atoms with Crippen LogP contribution in [0.15, 0.2) is 243 Å². The molecule has 0 radical (unpaired) electrons. The Hall–Kier alpha value is -7.85. The maximum Gasteiger partial charge on any atom is 0.124 e. The predicted molar refractivity (Wildman–Crippen MR) is 265 cm³/mol. The van der Waals surface area contributed by atoms with Crippen molar-refractivity contribution in [2.24, 2.45) is 0 Å².